The van der Waals surface area contributed by atoms with Gasteiger partial charge in [-0.15, -0.1) is 0 Å². The Morgan fingerprint density at radius 2 is 1.73 bits per heavy atom. The maximum Gasteiger partial charge on any atom is 0.325 e. The molecule has 0 spiro atoms. The summed E-state index contributed by atoms with van der Waals surface area (Å²) in [5.74, 6) is 1.11. The lowest BCUT2D eigenvalue weighted by atomic mass is 10.2. The van der Waals surface area contributed by atoms with Crippen LogP contribution in [0.15, 0.2) is 58.1 Å². The minimum Gasteiger partial charge on any atom is -0.493 e. The molecule has 30 heavy (non-hydrogen) atoms. The summed E-state index contributed by atoms with van der Waals surface area (Å²) < 4.78 is 40.2. The van der Waals surface area contributed by atoms with E-state index >= 15 is 0 Å². The van der Waals surface area contributed by atoms with Gasteiger partial charge in [0.1, 0.15) is 6.33 Å². The molecule has 0 fully saturated rings. The molecule has 1 heterocycles. The van der Waals surface area contributed by atoms with Crippen molar-refractivity contribution < 1.29 is 28.0 Å². The molecule has 1 atom stereocenters. The zero-order valence-electron chi connectivity index (χ0n) is 16.5. The summed E-state index contributed by atoms with van der Waals surface area (Å²) in [5.41, 5.74) is 0.534. The third-order valence-corrected chi connectivity index (χ3v) is 7.55. The molecule has 0 bridgehead atoms. The Bertz CT molecular complexity index is 1210. The molecular formula is C19H22N3O6PS. The molecule has 11 heteroatoms. The van der Waals surface area contributed by atoms with Crippen molar-refractivity contribution in [2.45, 2.75) is 11.3 Å². The molecule has 0 aliphatic rings. The number of rotatable bonds is 8. The second-order valence-corrected chi connectivity index (χ2v) is 10.5. The largest absolute Gasteiger partial charge is 0.493 e. The van der Waals surface area contributed by atoms with E-state index in [9.17, 15) is 8.77 Å². The standard InChI is InChI=1S/C19H22N3O6PS/c1-27-17-11-15-16(12-18(17)28-2)20-13-21-19(15)22-30(26,10-6-9-29(23,24)25)14-7-4-3-5-8-14/h3-5,7-8,11-13H,6,9-10H2,1-2H3,(H2,23,24,25). The smallest absolute Gasteiger partial charge is 0.325 e. The fourth-order valence-electron chi connectivity index (χ4n) is 2.90. The third-order valence-electron chi connectivity index (χ3n) is 4.34. The van der Waals surface area contributed by atoms with Crippen LogP contribution in [0, 0.1) is 0 Å². The fourth-order valence-corrected chi connectivity index (χ4v) is 5.66. The molecule has 9 nitrogen and oxygen atoms in total. The second-order valence-electron chi connectivity index (χ2n) is 6.41. The number of aromatic nitrogens is 2. The molecule has 0 amide bonds. The topological polar surface area (TPSA) is 131 Å². The van der Waals surface area contributed by atoms with Gasteiger partial charge in [0.25, 0.3) is 0 Å². The molecule has 0 saturated carbocycles. The molecule has 0 aliphatic carbocycles. The molecule has 3 aromatic rings. The highest BCUT2D eigenvalue weighted by molar-refractivity contribution is 7.93. The molecule has 160 valence electrons. The summed E-state index contributed by atoms with van der Waals surface area (Å²) >= 11 is 0. The molecule has 1 unspecified atom stereocenters. The number of ether oxygens (including phenoxy) is 2. The van der Waals surface area contributed by atoms with Gasteiger partial charge in [-0.1, -0.05) is 18.2 Å². The van der Waals surface area contributed by atoms with E-state index in [2.05, 4.69) is 14.3 Å². The average molecular weight is 451 g/mol. The van der Waals surface area contributed by atoms with E-state index in [0.717, 1.165) is 0 Å². The van der Waals surface area contributed by atoms with E-state index in [-0.39, 0.29) is 24.2 Å². The predicted octanol–water partition coefficient (Wildman–Crippen LogP) is 3.37. The van der Waals surface area contributed by atoms with E-state index < -0.39 is 17.3 Å². The Morgan fingerprint density at radius 1 is 1.07 bits per heavy atom. The fraction of sp³-hybridized carbons (Fsp3) is 0.263. The number of hydrogen-bond donors (Lipinski definition) is 2. The van der Waals surface area contributed by atoms with Crippen LogP contribution >= 0.6 is 7.60 Å². The van der Waals surface area contributed by atoms with Crippen LogP contribution in [0.3, 0.4) is 0 Å². The molecule has 1 aromatic heterocycles. The average Bonchev–Trinajstić information content (AvgIpc) is 2.72. The molecule has 0 radical (unpaired) electrons. The molecule has 2 aromatic carbocycles. The number of nitrogens with zero attached hydrogens (tertiary/aromatic N) is 3. The van der Waals surface area contributed by atoms with Crippen molar-refractivity contribution in [2.75, 3.05) is 26.1 Å². The van der Waals surface area contributed by atoms with Gasteiger partial charge < -0.3 is 19.3 Å². The van der Waals surface area contributed by atoms with Crippen molar-refractivity contribution >= 4 is 34.0 Å². The first kappa shape index (κ1) is 22.2. The lowest BCUT2D eigenvalue weighted by molar-refractivity contribution is 0.356. The van der Waals surface area contributed by atoms with Gasteiger partial charge in [-0.25, -0.2) is 14.2 Å². The van der Waals surface area contributed by atoms with Crippen molar-refractivity contribution in [3.8, 4) is 11.5 Å². The third kappa shape index (κ3) is 5.14. The van der Waals surface area contributed by atoms with Crippen LogP contribution in [-0.4, -0.2) is 50.1 Å². The SMILES string of the molecule is COc1cc2ncnc(N=S(=O)(CCCP(=O)(O)O)c3ccccc3)c2cc1OC. The summed E-state index contributed by atoms with van der Waals surface area (Å²) in [6.45, 7) is 0. The minimum absolute atomic E-state index is 0.0269. The maximum atomic E-state index is 13.8. The quantitative estimate of drug-likeness (QED) is 0.499. The van der Waals surface area contributed by atoms with E-state index in [1.54, 1.807) is 42.5 Å². The van der Waals surface area contributed by atoms with Gasteiger partial charge in [0.05, 0.1) is 35.6 Å². The molecular weight excluding hydrogens is 429 g/mol. The Hall–Kier alpha value is -2.52. The lowest BCUT2D eigenvalue weighted by Gasteiger charge is -2.13. The van der Waals surface area contributed by atoms with Crippen LogP contribution in [0.25, 0.3) is 10.9 Å². The van der Waals surface area contributed by atoms with Gasteiger partial charge in [-0.2, -0.15) is 4.36 Å². The first-order valence-electron chi connectivity index (χ1n) is 8.97. The van der Waals surface area contributed by atoms with Crippen LogP contribution in [0.4, 0.5) is 5.82 Å². The second kappa shape index (κ2) is 9.09. The summed E-state index contributed by atoms with van der Waals surface area (Å²) in [4.78, 5) is 27.2. The zero-order chi connectivity index (χ0) is 21.8. The number of methoxy groups -OCH3 is 2. The first-order valence-corrected chi connectivity index (χ1v) is 12.4. The molecule has 2 N–H and O–H groups in total. The molecule has 0 aliphatic heterocycles. The van der Waals surface area contributed by atoms with E-state index in [0.29, 0.717) is 27.3 Å². The summed E-state index contributed by atoms with van der Waals surface area (Å²) in [5, 5.41) is 0.522. The highest BCUT2D eigenvalue weighted by atomic mass is 32.2. The van der Waals surface area contributed by atoms with Crippen molar-refractivity contribution in [3.63, 3.8) is 0 Å². The highest BCUT2D eigenvalue weighted by Gasteiger charge is 2.19. The van der Waals surface area contributed by atoms with Crippen molar-refractivity contribution in [1.29, 1.82) is 0 Å². The number of benzene rings is 2. The minimum atomic E-state index is -4.21. The van der Waals surface area contributed by atoms with Crippen molar-refractivity contribution in [3.05, 3.63) is 48.8 Å². The van der Waals surface area contributed by atoms with Gasteiger partial charge in [-0.05, 0) is 24.6 Å². The van der Waals surface area contributed by atoms with Gasteiger partial charge in [-0.3, -0.25) is 4.57 Å². The Balaban J connectivity index is 2.16. The normalized spacial score (nSPS) is 13.6. The van der Waals surface area contributed by atoms with Crippen molar-refractivity contribution in [1.82, 2.24) is 9.97 Å². The van der Waals surface area contributed by atoms with Crippen LogP contribution in [-0.2, 0) is 14.3 Å². The van der Waals surface area contributed by atoms with E-state index in [4.69, 9.17) is 19.3 Å². The van der Waals surface area contributed by atoms with Crippen LogP contribution in [0.1, 0.15) is 6.42 Å². The maximum absolute atomic E-state index is 13.8. The van der Waals surface area contributed by atoms with Crippen LogP contribution < -0.4 is 9.47 Å². The number of hydrogen-bond acceptors (Lipinski definition) is 7. The van der Waals surface area contributed by atoms with Crippen LogP contribution in [0.2, 0.25) is 0 Å². The lowest BCUT2D eigenvalue weighted by Crippen LogP contribution is -2.08. The molecule has 3 rings (SSSR count). The van der Waals surface area contributed by atoms with E-state index in [1.807, 2.05) is 0 Å². The monoisotopic (exact) mass is 451 g/mol. The van der Waals surface area contributed by atoms with Gasteiger partial charge in [0.2, 0.25) is 0 Å². The van der Waals surface area contributed by atoms with Gasteiger partial charge >= 0.3 is 7.60 Å². The van der Waals surface area contributed by atoms with E-state index in [1.165, 1.54) is 20.5 Å². The van der Waals surface area contributed by atoms with Crippen molar-refractivity contribution in [2.24, 2.45) is 4.36 Å². The predicted molar refractivity (Wildman–Crippen MR) is 114 cm³/mol. The first-order chi connectivity index (χ1) is 14.3. The Morgan fingerprint density at radius 3 is 2.37 bits per heavy atom. The van der Waals surface area contributed by atoms with Gasteiger partial charge in [0.15, 0.2) is 17.3 Å². The Kier molecular flexibility index (Phi) is 6.72. The molecule has 0 saturated heterocycles. The number of fused-ring (bicyclic) bond motifs is 1. The summed E-state index contributed by atoms with van der Waals surface area (Å²) in [6.07, 6.45) is 0.983. The zero-order valence-corrected chi connectivity index (χ0v) is 18.2. The highest BCUT2D eigenvalue weighted by Crippen LogP contribution is 2.37. The van der Waals surface area contributed by atoms with Crippen LogP contribution in [0.5, 0.6) is 11.5 Å². The van der Waals surface area contributed by atoms with Gasteiger partial charge in [0, 0.05) is 22.1 Å². The summed E-state index contributed by atoms with van der Waals surface area (Å²) in [6, 6.07) is 11.9. The summed E-state index contributed by atoms with van der Waals surface area (Å²) in [7, 11) is -4.25. The Labute approximate surface area is 174 Å².